The number of piperidine rings is 1. The third-order valence-corrected chi connectivity index (χ3v) is 10.0. The fourth-order valence-electron chi connectivity index (χ4n) is 7.12. The van der Waals surface area contributed by atoms with E-state index in [1.165, 1.54) is 46.6 Å². The lowest BCUT2D eigenvalue weighted by Gasteiger charge is -2.43. The predicted octanol–water partition coefficient (Wildman–Crippen LogP) is 6.90. The summed E-state index contributed by atoms with van der Waals surface area (Å²) in [7, 11) is 4.22. The second kappa shape index (κ2) is 12.8. The van der Waals surface area contributed by atoms with Crippen molar-refractivity contribution in [1.82, 2.24) is 24.7 Å². The molecule has 6 rings (SSSR count). The van der Waals surface area contributed by atoms with Crippen molar-refractivity contribution in [3.05, 3.63) is 70.9 Å². The Bertz CT molecular complexity index is 1580. The highest BCUT2D eigenvalue weighted by Crippen LogP contribution is 2.33. The van der Waals surface area contributed by atoms with Gasteiger partial charge in [0.25, 0.3) is 5.91 Å². The van der Waals surface area contributed by atoms with Crippen molar-refractivity contribution in [2.24, 2.45) is 0 Å². The van der Waals surface area contributed by atoms with Gasteiger partial charge in [-0.15, -0.1) is 0 Å². The van der Waals surface area contributed by atoms with Gasteiger partial charge in [-0.05, 0) is 76.5 Å². The van der Waals surface area contributed by atoms with Crippen LogP contribution < -0.4 is 10.1 Å². The van der Waals surface area contributed by atoms with Gasteiger partial charge in [-0.3, -0.25) is 9.69 Å². The molecule has 2 aromatic carbocycles. The number of nitrogens with one attached hydrogen (secondary N) is 1. The molecule has 2 fully saturated rings. The topological polar surface area (TPSA) is 62.6 Å². The summed E-state index contributed by atoms with van der Waals surface area (Å²) in [4.78, 5) is 22.2. The fraction of sp³-hybridized carbons (Fsp3) is 0.486. The first-order valence-corrected chi connectivity index (χ1v) is 16.2. The van der Waals surface area contributed by atoms with Gasteiger partial charge in [0.1, 0.15) is 11.1 Å². The Morgan fingerprint density at radius 3 is 2.51 bits per heavy atom. The molecule has 0 atom stereocenters. The number of hydrogen-bond donors (Lipinski definition) is 1. The Balaban J connectivity index is 1.03. The van der Waals surface area contributed by atoms with E-state index in [2.05, 4.69) is 88.2 Å². The number of ether oxygens (including phenoxy) is 1. The second-order valence-corrected chi connectivity index (χ2v) is 13.0. The van der Waals surface area contributed by atoms with Crippen molar-refractivity contribution >= 4 is 39.3 Å². The third kappa shape index (κ3) is 6.26. The summed E-state index contributed by atoms with van der Waals surface area (Å²) in [6.45, 7) is 6.62. The lowest BCUT2D eigenvalue weighted by atomic mass is 9.80. The average molecular weight is 602 g/mol. The maximum absolute atomic E-state index is 13.0. The molecule has 1 amide bonds. The molecule has 4 aromatic rings. The average Bonchev–Trinajstić information content (AvgIpc) is 3.35. The minimum absolute atomic E-state index is 0.0191. The van der Waals surface area contributed by atoms with Crippen LogP contribution in [0.2, 0.25) is 5.02 Å². The van der Waals surface area contributed by atoms with E-state index in [1.54, 1.807) is 12.3 Å². The zero-order valence-corrected chi connectivity index (χ0v) is 26.5. The van der Waals surface area contributed by atoms with Crippen molar-refractivity contribution < 1.29 is 9.53 Å². The summed E-state index contributed by atoms with van der Waals surface area (Å²) in [5.74, 6) is 0.268. The Morgan fingerprint density at radius 2 is 1.79 bits per heavy atom. The summed E-state index contributed by atoms with van der Waals surface area (Å²) in [6, 6.07) is 17.3. The molecule has 1 aliphatic heterocycles. The zero-order valence-electron chi connectivity index (χ0n) is 25.7. The highest BCUT2D eigenvalue weighted by atomic mass is 35.5. The summed E-state index contributed by atoms with van der Waals surface area (Å²) >= 11 is 6.57. The molecule has 228 valence electrons. The van der Waals surface area contributed by atoms with Gasteiger partial charge in [0.2, 0.25) is 5.88 Å². The van der Waals surface area contributed by atoms with Crippen LogP contribution in [0.5, 0.6) is 5.88 Å². The Hall–Kier alpha value is -3.13. The molecule has 0 unspecified atom stereocenters. The van der Waals surface area contributed by atoms with Gasteiger partial charge >= 0.3 is 0 Å². The van der Waals surface area contributed by atoms with Gasteiger partial charge in [0, 0.05) is 66.3 Å². The number of halogens is 1. The van der Waals surface area contributed by atoms with E-state index in [9.17, 15) is 4.79 Å². The minimum atomic E-state index is -0.140. The molecule has 2 aliphatic rings. The third-order valence-electron chi connectivity index (χ3n) is 9.75. The van der Waals surface area contributed by atoms with Crippen LogP contribution in [0.1, 0.15) is 67.8 Å². The molecular weight excluding hydrogens is 558 g/mol. The number of rotatable bonds is 9. The highest BCUT2D eigenvalue weighted by Gasteiger charge is 2.34. The predicted molar refractivity (Wildman–Crippen MR) is 175 cm³/mol. The van der Waals surface area contributed by atoms with Crippen LogP contribution in [-0.4, -0.2) is 70.6 Å². The second-order valence-electron chi connectivity index (χ2n) is 12.6. The first kappa shape index (κ1) is 29.9. The van der Waals surface area contributed by atoms with E-state index in [0.29, 0.717) is 23.0 Å². The number of likely N-dealkylation sites (tertiary alicyclic amines) is 1. The first-order chi connectivity index (χ1) is 20.9. The number of para-hydroxylation sites is 1. The molecular formula is C35H44ClN5O2. The number of fused-ring (bicyclic) bond motifs is 3. The molecule has 1 saturated carbocycles. The molecule has 3 heterocycles. The van der Waals surface area contributed by atoms with Crippen LogP contribution in [0.4, 0.5) is 0 Å². The SMILES string of the molecule is CCn1c2ccccc2c2cc(CN3CCC(Oc4ncc(C(=O)NCC5(N(C)C)CCCCC5)cc4Cl)CC3)ccc21. The van der Waals surface area contributed by atoms with Gasteiger partial charge in [0.15, 0.2) is 0 Å². The number of carbonyl (C=O) groups is 1. The molecule has 0 bridgehead atoms. The van der Waals surface area contributed by atoms with Crippen molar-refractivity contribution in [3.8, 4) is 5.88 Å². The maximum Gasteiger partial charge on any atom is 0.252 e. The molecule has 2 aromatic heterocycles. The molecule has 8 heteroatoms. The van der Waals surface area contributed by atoms with Crippen LogP contribution in [0.25, 0.3) is 21.8 Å². The number of hydrogen-bond acceptors (Lipinski definition) is 5. The standard InChI is InChI=1S/C35H44ClN5O2/c1-4-41-31-11-7-6-10-28(31)29-20-25(12-13-32(29)41)23-40-18-14-27(15-19-40)43-34-30(36)21-26(22-37-34)33(42)38-24-35(39(2)3)16-8-5-9-17-35/h6-7,10-13,20-22,27H,4-5,8-9,14-19,23-24H2,1-3H3,(H,38,42). The van der Waals surface area contributed by atoms with Gasteiger partial charge in [-0.1, -0.05) is 55.1 Å². The van der Waals surface area contributed by atoms with Crippen LogP contribution in [-0.2, 0) is 13.1 Å². The van der Waals surface area contributed by atoms with Crippen molar-refractivity contribution in [2.45, 2.75) is 76.6 Å². The van der Waals surface area contributed by atoms with Crippen molar-refractivity contribution in [3.63, 3.8) is 0 Å². The van der Waals surface area contributed by atoms with E-state index in [4.69, 9.17) is 16.3 Å². The summed E-state index contributed by atoms with van der Waals surface area (Å²) in [6.07, 6.45) is 9.33. The number of benzene rings is 2. The van der Waals surface area contributed by atoms with E-state index in [0.717, 1.165) is 51.9 Å². The maximum atomic E-state index is 13.0. The Kier molecular flexibility index (Phi) is 8.94. The normalized spacial score (nSPS) is 18.0. The smallest absolute Gasteiger partial charge is 0.252 e. The highest BCUT2D eigenvalue weighted by molar-refractivity contribution is 6.32. The number of aromatic nitrogens is 2. The van der Waals surface area contributed by atoms with Crippen LogP contribution in [0, 0.1) is 0 Å². The molecule has 0 radical (unpaired) electrons. The molecule has 0 spiro atoms. The lowest BCUT2D eigenvalue weighted by Crippen LogP contribution is -2.53. The Morgan fingerprint density at radius 1 is 1.05 bits per heavy atom. The van der Waals surface area contributed by atoms with Crippen molar-refractivity contribution in [1.29, 1.82) is 0 Å². The molecule has 7 nitrogen and oxygen atoms in total. The molecule has 1 aliphatic carbocycles. The summed E-state index contributed by atoms with van der Waals surface area (Å²) in [5.41, 5.74) is 4.42. The Labute approximate surface area is 260 Å². The number of amides is 1. The molecule has 1 saturated heterocycles. The van der Waals surface area contributed by atoms with E-state index < -0.39 is 0 Å². The van der Waals surface area contributed by atoms with E-state index in [-0.39, 0.29) is 17.6 Å². The summed E-state index contributed by atoms with van der Waals surface area (Å²) < 4.78 is 8.63. The molecule has 43 heavy (non-hydrogen) atoms. The molecule has 1 N–H and O–H groups in total. The number of likely N-dealkylation sites (N-methyl/N-ethyl adjacent to an activating group) is 1. The fourth-order valence-corrected chi connectivity index (χ4v) is 7.33. The van der Waals surface area contributed by atoms with E-state index >= 15 is 0 Å². The summed E-state index contributed by atoms with van der Waals surface area (Å²) in [5, 5.41) is 6.18. The van der Waals surface area contributed by atoms with Crippen molar-refractivity contribution in [2.75, 3.05) is 33.7 Å². The van der Waals surface area contributed by atoms with Gasteiger partial charge in [0.05, 0.1) is 5.56 Å². The number of nitrogens with zero attached hydrogens (tertiary/aromatic N) is 4. The number of carbonyl (C=O) groups excluding carboxylic acids is 1. The lowest BCUT2D eigenvalue weighted by molar-refractivity contribution is 0.0798. The van der Waals surface area contributed by atoms with Crippen LogP contribution >= 0.6 is 11.6 Å². The monoisotopic (exact) mass is 601 g/mol. The minimum Gasteiger partial charge on any atom is -0.473 e. The van der Waals surface area contributed by atoms with Gasteiger partial charge in [-0.2, -0.15) is 0 Å². The quantitative estimate of drug-likeness (QED) is 0.226. The van der Waals surface area contributed by atoms with Gasteiger partial charge < -0.3 is 19.5 Å². The van der Waals surface area contributed by atoms with Crippen LogP contribution in [0.15, 0.2) is 54.7 Å². The van der Waals surface area contributed by atoms with Crippen LogP contribution in [0.3, 0.4) is 0 Å². The zero-order chi connectivity index (χ0) is 30.0. The number of aryl methyl sites for hydroxylation is 1. The first-order valence-electron chi connectivity index (χ1n) is 15.9. The van der Waals surface area contributed by atoms with E-state index in [1.807, 2.05) is 0 Å². The van der Waals surface area contributed by atoms with Gasteiger partial charge in [-0.25, -0.2) is 4.98 Å². The number of pyridine rings is 1. The largest absolute Gasteiger partial charge is 0.473 e.